The summed E-state index contributed by atoms with van der Waals surface area (Å²) in [5, 5.41) is 7.69. The van der Waals surface area contributed by atoms with E-state index in [1.165, 1.54) is 30.3 Å². The van der Waals surface area contributed by atoms with Crippen molar-refractivity contribution in [3.63, 3.8) is 0 Å². The molecule has 0 atom stereocenters. The summed E-state index contributed by atoms with van der Waals surface area (Å²) in [6.07, 6.45) is 0. The zero-order valence-electron chi connectivity index (χ0n) is 17.7. The van der Waals surface area contributed by atoms with Gasteiger partial charge < -0.3 is 10.1 Å². The van der Waals surface area contributed by atoms with E-state index in [2.05, 4.69) is 10.0 Å². The van der Waals surface area contributed by atoms with E-state index < -0.39 is 26.0 Å². The summed E-state index contributed by atoms with van der Waals surface area (Å²) >= 11 is 0. The zero-order chi connectivity index (χ0) is 24.1. The van der Waals surface area contributed by atoms with Crippen molar-refractivity contribution in [3.8, 4) is 5.75 Å². The number of amides is 1. The Balaban J connectivity index is 1.75. The molecule has 0 aliphatic heterocycles. The molecule has 3 aromatic carbocycles. The number of sulfonamides is 2. The Labute approximate surface area is 192 Å². The van der Waals surface area contributed by atoms with E-state index in [0.29, 0.717) is 29.3 Å². The van der Waals surface area contributed by atoms with Gasteiger partial charge in [0.25, 0.3) is 15.9 Å². The predicted molar refractivity (Wildman–Crippen MR) is 126 cm³/mol. The number of hydrogen-bond acceptors (Lipinski definition) is 6. The topological polar surface area (TPSA) is 145 Å². The molecule has 0 saturated carbocycles. The first kappa shape index (κ1) is 24.2. The average Bonchev–Trinajstić information content (AvgIpc) is 2.74. The molecular formula is C22H23N3O6S2. The molecule has 1 amide bonds. The molecule has 33 heavy (non-hydrogen) atoms. The van der Waals surface area contributed by atoms with Gasteiger partial charge in [-0.25, -0.2) is 22.0 Å². The summed E-state index contributed by atoms with van der Waals surface area (Å²) < 4.78 is 55.9. The molecule has 0 radical (unpaired) electrons. The Morgan fingerprint density at radius 2 is 1.61 bits per heavy atom. The average molecular weight is 490 g/mol. The van der Waals surface area contributed by atoms with Gasteiger partial charge in [0.1, 0.15) is 5.75 Å². The number of ether oxygens (including phenoxy) is 1. The second kappa shape index (κ2) is 10.0. The molecule has 0 aromatic heterocycles. The number of hydrogen-bond donors (Lipinski definition) is 3. The van der Waals surface area contributed by atoms with Crippen LogP contribution >= 0.6 is 0 Å². The van der Waals surface area contributed by atoms with Crippen LogP contribution in [-0.2, 0) is 25.8 Å². The Bertz CT molecular complexity index is 1350. The maximum absolute atomic E-state index is 12.8. The summed E-state index contributed by atoms with van der Waals surface area (Å²) in [6.45, 7) is 2.34. The number of benzene rings is 3. The number of nitrogens with one attached hydrogen (secondary N) is 2. The molecule has 0 aliphatic rings. The fourth-order valence-corrected chi connectivity index (χ4v) is 4.73. The summed E-state index contributed by atoms with van der Waals surface area (Å²) in [7, 11) is -7.67. The van der Waals surface area contributed by atoms with Gasteiger partial charge >= 0.3 is 0 Å². The summed E-state index contributed by atoms with van der Waals surface area (Å²) in [5.41, 5.74) is 1.22. The molecule has 9 nitrogen and oxygen atoms in total. The second-order valence-electron chi connectivity index (χ2n) is 7.05. The highest BCUT2D eigenvalue weighted by atomic mass is 32.2. The number of primary sulfonamides is 1. The van der Waals surface area contributed by atoms with Crippen LogP contribution in [0.15, 0.2) is 77.7 Å². The lowest BCUT2D eigenvalue weighted by atomic mass is 10.2. The fraction of sp³-hybridized carbons (Fsp3) is 0.136. The highest BCUT2D eigenvalue weighted by molar-refractivity contribution is 7.92. The van der Waals surface area contributed by atoms with Crippen molar-refractivity contribution < 1.29 is 26.4 Å². The van der Waals surface area contributed by atoms with Gasteiger partial charge in [0.2, 0.25) is 10.0 Å². The molecule has 11 heteroatoms. The van der Waals surface area contributed by atoms with Crippen LogP contribution in [0, 0.1) is 0 Å². The molecule has 0 saturated heterocycles. The quantitative estimate of drug-likeness (QED) is 0.421. The van der Waals surface area contributed by atoms with Crippen LogP contribution in [0.4, 0.5) is 11.4 Å². The van der Waals surface area contributed by atoms with E-state index in [1.54, 1.807) is 42.5 Å². The van der Waals surface area contributed by atoms with E-state index >= 15 is 0 Å². The Kier molecular flexibility index (Phi) is 7.36. The van der Waals surface area contributed by atoms with Crippen molar-refractivity contribution in [3.05, 3.63) is 83.9 Å². The third-order valence-corrected chi connectivity index (χ3v) is 6.49. The second-order valence-corrected chi connectivity index (χ2v) is 10.3. The molecule has 174 valence electrons. The lowest BCUT2D eigenvalue weighted by Crippen LogP contribution is -2.16. The number of carbonyl (C=O) groups is 1. The molecule has 0 aliphatic carbocycles. The standard InChI is InChI=1S/C22H23N3O6S2/c1-2-31-20-11-9-18(10-12-20)25-33(29,30)21-8-4-6-17(14-21)22(26)24-19-7-3-5-16(13-19)15-32(23,27)28/h3-14,25H,2,15H2,1H3,(H,24,26)(H2,23,27,28). The third-order valence-electron chi connectivity index (χ3n) is 4.38. The van der Waals surface area contributed by atoms with Crippen molar-refractivity contribution in [1.82, 2.24) is 0 Å². The summed E-state index contributed by atoms with van der Waals surface area (Å²) in [5.74, 6) is -0.310. The van der Waals surface area contributed by atoms with Crippen LogP contribution in [0.2, 0.25) is 0 Å². The van der Waals surface area contributed by atoms with Gasteiger partial charge in [0, 0.05) is 16.9 Å². The van der Waals surface area contributed by atoms with Crippen LogP contribution in [0.25, 0.3) is 0 Å². The van der Waals surface area contributed by atoms with Gasteiger partial charge in [0.05, 0.1) is 17.3 Å². The van der Waals surface area contributed by atoms with E-state index in [1.807, 2.05) is 6.92 Å². The molecule has 0 bridgehead atoms. The number of nitrogens with two attached hydrogens (primary N) is 1. The minimum absolute atomic E-state index is 0.0907. The highest BCUT2D eigenvalue weighted by Crippen LogP contribution is 2.21. The van der Waals surface area contributed by atoms with Gasteiger partial charge in [0.15, 0.2) is 0 Å². The molecule has 0 heterocycles. The minimum Gasteiger partial charge on any atom is -0.494 e. The van der Waals surface area contributed by atoms with Gasteiger partial charge in [-0.2, -0.15) is 0 Å². The molecule has 0 spiro atoms. The van der Waals surface area contributed by atoms with E-state index in [-0.39, 0.29) is 16.2 Å². The minimum atomic E-state index is -3.95. The summed E-state index contributed by atoms with van der Waals surface area (Å²) in [4.78, 5) is 12.6. The largest absolute Gasteiger partial charge is 0.494 e. The zero-order valence-corrected chi connectivity index (χ0v) is 19.3. The predicted octanol–water partition coefficient (Wildman–Crippen LogP) is 2.93. The Morgan fingerprint density at radius 3 is 2.27 bits per heavy atom. The number of carbonyl (C=O) groups excluding carboxylic acids is 1. The first-order valence-corrected chi connectivity index (χ1v) is 13.0. The van der Waals surface area contributed by atoms with E-state index in [9.17, 15) is 21.6 Å². The van der Waals surface area contributed by atoms with E-state index in [4.69, 9.17) is 9.88 Å². The maximum atomic E-state index is 12.8. The smallest absolute Gasteiger partial charge is 0.261 e. The molecule has 4 N–H and O–H groups in total. The molecule has 3 rings (SSSR count). The summed E-state index contributed by atoms with van der Waals surface area (Å²) in [6, 6.07) is 18.2. The monoisotopic (exact) mass is 489 g/mol. The van der Waals surface area contributed by atoms with Gasteiger partial charge in [-0.1, -0.05) is 18.2 Å². The third kappa shape index (κ3) is 7.04. The van der Waals surface area contributed by atoms with Gasteiger partial charge in [-0.05, 0) is 67.1 Å². The lowest BCUT2D eigenvalue weighted by Gasteiger charge is -2.11. The van der Waals surface area contributed by atoms with Crippen molar-refractivity contribution in [2.24, 2.45) is 5.14 Å². The first-order valence-electron chi connectivity index (χ1n) is 9.82. The number of anilines is 2. The molecule has 3 aromatic rings. The maximum Gasteiger partial charge on any atom is 0.261 e. The Morgan fingerprint density at radius 1 is 0.909 bits per heavy atom. The Hall–Kier alpha value is -3.41. The number of rotatable bonds is 9. The first-order chi connectivity index (χ1) is 15.6. The van der Waals surface area contributed by atoms with Crippen LogP contribution in [0.1, 0.15) is 22.8 Å². The highest BCUT2D eigenvalue weighted by Gasteiger charge is 2.17. The lowest BCUT2D eigenvalue weighted by molar-refractivity contribution is 0.102. The van der Waals surface area contributed by atoms with Gasteiger partial charge in [-0.3, -0.25) is 9.52 Å². The van der Waals surface area contributed by atoms with Crippen molar-refractivity contribution in [2.75, 3.05) is 16.6 Å². The van der Waals surface area contributed by atoms with Crippen molar-refractivity contribution in [1.29, 1.82) is 0 Å². The van der Waals surface area contributed by atoms with E-state index in [0.717, 1.165) is 0 Å². The van der Waals surface area contributed by atoms with Gasteiger partial charge in [-0.15, -0.1) is 0 Å². The normalized spacial score (nSPS) is 11.6. The van der Waals surface area contributed by atoms with Crippen molar-refractivity contribution >= 4 is 37.3 Å². The SMILES string of the molecule is CCOc1ccc(NS(=O)(=O)c2cccc(C(=O)Nc3cccc(CS(N)(=O)=O)c3)c2)cc1. The van der Waals surface area contributed by atoms with Crippen LogP contribution in [-0.4, -0.2) is 29.3 Å². The fourth-order valence-electron chi connectivity index (χ4n) is 2.98. The molecule has 0 unspecified atom stereocenters. The molecular weight excluding hydrogens is 466 g/mol. The molecule has 0 fully saturated rings. The van der Waals surface area contributed by atoms with Crippen molar-refractivity contribution in [2.45, 2.75) is 17.6 Å². The van der Waals surface area contributed by atoms with Crippen LogP contribution in [0.3, 0.4) is 0 Å². The van der Waals surface area contributed by atoms with Crippen LogP contribution < -0.4 is 19.9 Å². The van der Waals surface area contributed by atoms with Crippen LogP contribution in [0.5, 0.6) is 5.75 Å².